The maximum absolute atomic E-state index is 12.3. The predicted octanol–water partition coefficient (Wildman–Crippen LogP) is 1.26. The topological polar surface area (TPSA) is 77.5 Å². The Kier molecular flexibility index (Phi) is 3.99. The Morgan fingerprint density at radius 1 is 1.37 bits per heavy atom. The van der Waals surface area contributed by atoms with E-state index in [-0.39, 0.29) is 23.9 Å². The van der Waals surface area contributed by atoms with Crippen LogP contribution in [0.25, 0.3) is 0 Å². The highest BCUT2D eigenvalue weighted by Crippen LogP contribution is 2.50. The fourth-order valence-electron chi connectivity index (χ4n) is 2.79. The molecule has 0 N–H and O–H groups in total. The normalized spacial score (nSPS) is 25.9. The second-order valence-electron chi connectivity index (χ2n) is 5.76. The van der Waals surface area contributed by atoms with Gasteiger partial charge in [-0.3, -0.25) is 9.59 Å². The van der Waals surface area contributed by atoms with Crippen LogP contribution in [0.2, 0.25) is 0 Å². The molecule has 0 heterocycles. The fraction of sp³-hybridized carbons (Fsp3) is 0.846. The summed E-state index contributed by atoms with van der Waals surface area (Å²) >= 11 is 0. The number of carbonyl (C=O) groups is 2. The van der Waals surface area contributed by atoms with Crippen molar-refractivity contribution >= 4 is 21.6 Å². The average molecular weight is 288 g/mol. The molecule has 0 spiro atoms. The first-order valence-corrected chi connectivity index (χ1v) is 8.41. The largest absolute Gasteiger partial charge is 0.469 e. The molecule has 2 rings (SSSR count). The third-order valence-corrected chi connectivity index (χ3v) is 6.52. The van der Waals surface area contributed by atoms with Gasteiger partial charge in [0, 0.05) is 6.42 Å². The molecule has 0 amide bonds. The van der Waals surface area contributed by atoms with Gasteiger partial charge < -0.3 is 4.74 Å². The molecule has 2 aliphatic carbocycles. The highest BCUT2D eigenvalue weighted by atomic mass is 32.2. The van der Waals surface area contributed by atoms with Gasteiger partial charge in [-0.15, -0.1) is 0 Å². The molecule has 0 saturated heterocycles. The summed E-state index contributed by atoms with van der Waals surface area (Å²) in [7, 11) is -2.14. The number of sulfone groups is 1. The van der Waals surface area contributed by atoms with Crippen molar-refractivity contribution in [2.45, 2.75) is 50.2 Å². The van der Waals surface area contributed by atoms with Gasteiger partial charge in [0.15, 0.2) is 15.6 Å². The van der Waals surface area contributed by atoms with E-state index in [0.717, 1.165) is 25.7 Å². The number of ketones is 1. The zero-order chi connectivity index (χ0) is 14.1. The van der Waals surface area contributed by atoms with Crippen LogP contribution in [-0.4, -0.2) is 38.3 Å². The van der Waals surface area contributed by atoms with Crippen molar-refractivity contribution in [3.63, 3.8) is 0 Å². The Bertz CT molecular complexity index is 475. The predicted molar refractivity (Wildman–Crippen MR) is 69.3 cm³/mol. The molecule has 2 saturated carbocycles. The second-order valence-corrected chi connectivity index (χ2v) is 7.94. The first kappa shape index (κ1) is 14.5. The maximum atomic E-state index is 12.3. The van der Waals surface area contributed by atoms with Gasteiger partial charge in [-0.1, -0.05) is 6.42 Å². The van der Waals surface area contributed by atoms with Crippen LogP contribution >= 0.6 is 0 Å². The molecule has 0 aromatic heterocycles. The molecule has 6 heteroatoms. The minimum Gasteiger partial charge on any atom is -0.469 e. The molecule has 0 aliphatic heterocycles. The molecular formula is C13H20O5S. The van der Waals surface area contributed by atoms with Crippen LogP contribution in [-0.2, 0) is 24.2 Å². The van der Waals surface area contributed by atoms with Crippen LogP contribution in [0.5, 0.6) is 0 Å². The lowest BCUT2D eigenvalue weighted by Crippen LogP contribution is -2.37. The van der Waals surface area contributed by atoms with E-state index < -0.39 is 20.5 Å². The first-order valence-electron chi connectivity index (χ1n) is 6.70. The third-order valence-electron chi connectivity index (χ3n) is 4.14. The van der Waals surface area contributed by atoms with E-state index in [4.69, 9.17) is 0 Å². The summed E-state index contributed by atoms with van der Waals surface area (Å²) < 4.78 is 29.3. The number of esters is 1. The smallest absolute Gasteiger partial charge is 0.306 e. The Hall–Kier alpha value is -0.910. The summed E-state index contributed by atoms with van der Waals surface area (Å²) in [6, 6.07) is 0. The molecule has 2 fully saturated rings. The van der Waals surface area contributed by atoms with Crippen LogP contribution in [0.3, 0.4) is 0 Å². The number of ether oxygens (including phenoxy) is 1. The lowest BCUT2D eigenvalue weighted by Gasteiger charge is -2.23. The van der Waals surface area contributed by atoms with Crippen LogP contribution in [0, 0.1) is 5.41 Å². The van der Waals surface area contributed by atoms with E-state index in [9.17, 15) is 18.0 Å². The number of methoxy groups -OCH3 is 1. The molecule has 2 aliphatic rings. The number of hydrogen-bond acceptors (Lipinski definition) is 5. The molecule has 0 bridgehead atoms. The molecule has 1 atom stereocenters. The highest BCUT2D eigenvalue weighted by molar-refractivity contribution is 7.92. The van der Waals surface area contributed by atoms with Gasteiger partial charge in [-0.25, -0.2) is 8.42 Å². The first-order chi connectivity index (χ1) is 8.88. The van der Waals surface area contributed by atoms with Gasteiger partial charge in [-0.05, 0) is 31.1 Å². The molecule has 0 aromatic rings. The number of rotatable bonds is 5. The van der Waals surface area contributed by atoms with E-state index >= 15 is 0 Å². The van der Waals surface area contributed by atoms with Gasteiger partial charge in [0.05, 0.1) is 19.3 Å². The van der Waals surface area contributed by atoms with Crippen molar-refractivity contribution in [2.24, 2.45) is 5.41 Å². The molecule has 1 unspecified atom stereocenters. The van der Waals surface area contributed by atoms with Crippen LogP contribution in [0.4, 0.5) is 0 Å². The van der Waals surface area contributed by atoms with Crippen LogP contribution in [0.1, 0.15) is 44.9 Å². The Morgan fingerprint density at radius 2 is 2.05 bits per heavy atom. The monoisotopic (exact) mass is 288 g/mol. The van der Waals surface area contributed by atoms with Crippen molar-refractivity contribution in [3.05, 3.63) is 0 Å². The average Bonchev–Trinajstić information content (AvgIpc) is 3.07. The van der Waals surface area contributed by atoms with E-state index in [1.807, 2.05) is 0 Å². The van der Waals surface area contributed by atoms with E-state index in [2.05, 4.69) is 4.74 Å². The van der Waals surface area contributed by atoms with Crippen LogP contribution in [0.15, 0.2) is 0 Å². The number of hydrogen-bond donors (Lipinski definition) is 0. The fourth-order valence-corrected chi connectivity index (χ4v) is 5.28. The molecule has 0 aromatic carbocycles. The Morgan fingerprint density at radius 3 is 2.58 bits per heavy atom. The molecule has 0 radical (unpaired) electrons. The van der Waals surface area contributed by atoms with E-state index in [1.165, 1.54) is 7.11 Å². The minimum absolute atomic E-state index is 0.0501. The van der Waals surface area contributed by atoms with Crippen molar-refractivity contribution in [1.29, 1.82) is 0 Å². The van der Waals surface area contributed by atoms with Crippen molar-refractivity contribution < 1.29 is 22.7 Å². The summed E-state index contributed by atoms with van der Waals surface area (Å²) in [5.41, 5.74) is -0.469. The second kappa shape index (κ2) is 5.23. The maximum Gasteiger partial charge on any atom is 0.306 e. The molecule has 19 heavy (non-hydrogen) atoms. The lowest BCUT2D eigenvalue weighted by molar-refractivity contribution is -0.141. The van der Waals surface area contributed by atoms with E-state index in [0.29, 0.717) is 12.8 Å². The molecule has 5 nitrogen and oxygen atoms in total. The van der Waals surface area contributed by atoms with Crippen molar-refractivity contribution in [2.75, 3.05) is 12.9 Å². The van der Waals surface area contributed by atoms with Crippen molar-refractivity contribution in [3.8, 4) is 0 Å². The van der Waals surface area contributed by atoms with E-state index in [1.54, 1.807) is 0 Å². The minimum atomic E-state index is -3.44. The van der Waals surface area contributed by atoms with Gasteiger partial charge in [-0.2, -0.15) is 0 Å². The summed E-state index contributed by atoms with van der Waals surface area (Å²) in [6.45, 7) is 0. The van der Waals surface area contributed by atoms with Crippen molar-refractivity contribution in [1.82, 2.24) is 0 Å². The quantitative estimate of drug-likeness (QED) is 0.712. The van der Waals surface area contributed by atoms with Gasteiger partial charge in [0.25, 0.3) is 0 Å². The Balaban J connectivity index is 2.05. The zero-order valence-electron chi connectivity index (χ0n) is 11.2. The lowest BCUT2D eigenvalue weighted by atomic mass is 9.99. The highest BCUT2D eigenvalue weighted by Gasteiger charge is 2.50. The third kappa shape index (κ3) is 3.35. The Labute approximate surface area is 113 Å². The van der Waals surface area contributed by atoms with Gasteiger partial charge in [0.1, 0.15) is 5.25 Å². The summed E-state index contributed by atoms with van der Waals surface area (Å²) in [4.78, 5) is 23.1. The standard InChI is InChI=1S/C13H20O5S/c1-18-12(15)8-13(6-7-13)9-19(16,17)11-5-3-2-4-10(11)14/h11H,2-9H2,1H3. The summed E-state index contributed by atoms with van der Waals surface area (Å²) in [5, 5.41) is -0.837. The van der Waals surface area contributed by atoms with Crippen LogP contribution < -0.4 is 0 Å². The summed E-state index contributed by atoms with van der Waals surface area (Å²) in [6.07, 6.45) is 3.98. The number of carbonyl (C=O) groups excluding carboxylic acids is 2. The SMILES string of the molecule is COC(=O)CC1(CS(=O)(=O)C2CCCCC2=O)CC1. The summed E-state index contributed by atoms with van der Waals surface area (Å²) in [5.74, 6) is -0.575. The van der Waals surface area contributed by atoms with Gasteiger partial charge in [0.2, 0.25) is 0 Å². The molecule has 108 valence electrons. The van der Waals surface area contributed by atoms with Gasteiger partial charge >= 0.3 is 5.97 Å². The molecular weight excluding hydrogens is 268 g/mol. The number of Topliss-reactive ketones (excluding diaryl/α,β-unsaturated/α-hetero) is 1. The zero-order valence-corrected chi connectivity index (χ0v) is 12.0.